The maximum Gasteiger partial charge on any atom is 0.218 e. The molecule has 2 atom stereocenters. The number of rotatable bonds is 3. The van der Waals surface area contributed by atoms with Gasteiger partial charge in [-0.05, 0) is 26.3 Å². The van der Waals surface area contributed by atoms with Gasteiger partial charge >= 0.3 is 0 Å². The minimum atomic E-state index is -0.182. The van der Waals surface area contributed by atoms with E-state index in [1.807, 2.05) is 0 Å². The highest BCUT2D eigenvalue weighted by molar-refractivity contribution is 5.73. The van der Waals surface area contributed by atoms with Crippen molar-refractivity contribution in [2.24, 2.45) is 5.73 Å². The number of amides is 1. The molecule has 92 valence electrons. The van der Waals surface area contributed by atoms with Crippen molar-refractivity contribution < 1.29 is 4.79 Å². The third-order valence-corrected chi connectivity index (χ3v) is 3.96. The summed E-state index contributed by atoms with van der Waals surface area (Å²) in [4.78, 5) is 15.9. The molecule has 16 heavy (non-hydrogen) atoms. The molecule has 0 aromatic heterocycles. The lowest BCUT2D eigenvalue weighted by Gasteiger charge is -2.47. The van der Waals surface area contributed by atoms with Crippen LogP contribution in [0.5, 0.6) is 0 Å². The Morgan fingerprint density at radius 1 is 1.38 bits per heavy atom. The average molecular weight is 225 g/mol. The minimum Gasteiger partial charge on any atom is -0.370 e. The average Bonchev–Trinajstić information content (AvgIpc) is 2.26. The summed E-state index contributed by atoms with van der Waals surface area (Å²) in [5, 5.41) is 0. The van der Waals surface area contributed by atoms with Gasteiger partial charge in [0.1, 0.15) is 0 Å². The predicted molar refractivity (Wildman–Crippen MR) is 64.1 cm³/mol. The second-order valence-electron chi connectivity index (χ2n) is 5.20. The first-order valence-electron chi connectivity index (χ1n) is 6.43. The third kappa shape index (κ3) is 2.74. The molecule has 2 saturated heterocycles. The molecular formula is C12H23N3O. The van der Waals surface area contributed by atoms with Crippen LogP contribution in [-0.4, -0.2) is 54.0 Å². The molecule has 0 aromatic rings. The van der Waals surface area contributed by atoms with Gasteiger partial charge in [0.15, 0.2) is 0 Å². The van der Waals surface area contributed by atoms with Gasteiger partial charge in [0.25, 0.3) is 0 Å². The number of carbonyl (C=O) groups is 1. The summed E-state index contributed by atoms with van der Waals surface area (Å²) in [6, 6.07) is 1.28. The molecule has 2 rings (SSSR count). The van der Waals surface area contributed by atoms with Crippen LogP contribution in [0.3, 0.4) is 0 Å². The van der Waals surface area contributed by atoms with Crippen LogP contribution >= 0.6 is 0 Å². The summed E-state index contributed by atoms with van der Waals surface area (Å²) in [6.45, 7) is 6.63. The van der Waals surface area contributed by atoms with Crippen LogP contribution in [0.4, 0.5) is 0 Å². The molecule has 1 amide bonds. The van der Waals surface area contributed by atoms with Crippen molar-refractivity contribution in [2.45, 2.75) is 44.7 Å². The fourth-order valence-corrected chi connectivity index (χ4v) is 2.98. The predicted octanol–water partition coefficient (Wildman–Crippen LogP) is 0.420. The molecule has 0 bridgehead atoms. The van der Waals surface area contributed by atoms with Crippen molar-refractivity contribution in [3.05, 3.63) is 0 Å². The first-order valence-corrected chi connectivity index (χ1v) is 6.43. The highest BCUT2D eigenvalue weighted by atomic mass is 16.1. The van der Waals surface area contributed by atoms with Gasteiger partial charge in [-0.15, -0.1) is 0 Å². The van der Waals surface area contributed by atoms with Crippen LogP contribution in [0.25, 0.3) is 0 Å². The lowest BCUT2D eigenvalue weighted by atomic mass is 9.97. The lowest BCUT2D eigenvalue weighted by molar-refractivity contribution is -0.118. The van der Waals surface area contributed by atoms with Crippen LogP contribution < -0.4 is 5.73 Å². The first-order chi connectivity index (χ1) is 7.66. The topological polar surface area (TPSA) is 49.6 Å². The molecule has 2 unspecified atom stereocenters. The van der Waals surface area contributed by atoms with Crippen LogP contribution in [0.2, 0.25) is 0 Å². The second-order valence-corrected chi connectivity index (χ2v) is 5.20. The maximum atomic E-state index is 10.8. The van der Waals surface area contributed by atoms with E-state index in [9.17, 15) is 4.79 Å². The molecule has 4 nitrogen and oxygen atoms in total. The SMILES string of the molecule is CC1CN2CCCCC2CN1CCC(N)=O. The zero-order chi connectivity index (χ0) is 11.5. The highest BCUT2D eigenvalue weighted by Gasteiger charge is 2.32. The van der Waals surface area contributed by atoms with E-state index in [2.05, 4.69) is 16.7 Å². The van der Waals surface area contributed by atoms with E-state index in [1.54, 1.807) is 0 Å². The fourth-order valence-electron chi connectivity index (χ4n) is 2.98. The Morgan fingerprint density at radius 2 is 2.19 bits per heavy atom. The summed E-state index contributed by atoms with van der Waals surface area (Å²) < 4.78 is 0. The minimum absolute atomic E-state index is 0.182. The van der Waals surface area contributed by atoms with Gasteiger partial charge in [0.05, 0.1) is 0 Å². The van der Waals surface area contributed by atoms with Crippen molar-refractivity contribution in [3.63, 3.8) is 0 Å². The number of nitrogens with zero attached hydrogens (tertiary/aromatic N) is 2. The van der Waals surface area contributed by atoms with Crippen LogP contribution in [0.15, 0.2) is 0 Å². The van der Waals surface area contributed by atoms with Gasteiger partial charge in [-0.3, -0.25) is 14.6 Å². The Kier molecular flexibility index (Phi) is 3.82. The monoisotopic (exact) mass is 225 g/mol. The molecule has 2 aliphatic rings. The lowest BCUT2D eigenvalue weighted by Crippen LogP contribution is -2.58. The van der Waals surface area contributed by atoms with Crippen molar-refractivity contribution in [2.75, 3.05) is 26.2 Å². The number of hydrogen-bond acceptors (Lipinski definition) is 3. The third-order valence-electron chi connectivity index (χ3n) is 3.96. The number of primary amides is 1. The van der Waals surface area contributed by atoms with Gasteiger partial charge in [0.2, 0.25) is 5.91 Å². The van der Waals surface area contributed by atoms with Crippen molar-refractivity contribution in [3.8, 4) is 0 Å². The summed E-state index contributed by atoms with van der Waals surface area (Å²) >= 11 is 0. The number of nitrogens with two attached hydrogens (primary N) is 1. The molecule has 2 heterocycles. The zero-order valence-corrected chi connectivity index (χ0v) is 10.2. The van der Waals surface area contributed by atoms with Crippen LogP contribution in [0.1, 0.15) is 32.6 Å². The highest BCUT2D eigenvalue weighted by Crippen LogP contribution is 2.23. The Hall–Kier alpha value is -0.610. The van der Waals surface area contributed by atoms with Crippen LogP contribution in [-0.2, 0) is 4.79 Å². The Balaban J connectivity index is 1.87. The molecule has 0 radical (unpaired) electrons. The Labute approximate surface area is 97.8 Å². The molecule has 4 heteroatoms. The van der Waals surface area contributed by atoms with Gasteiger partial charge < -0.3 is 5.73 Å². The first kappa shape index (κ1) is 11.9. The normalized spacial score (nSPS) is 32.3. The van der Waals surface area contributed by atoms with E-state index >= 15 is 0 Å². The molecule has 0 spiro atoms. The van der Waals surface area contributed by atoms with E-state index < -0.39 is 0 Å². The largest absolute Gasteiger partial charge is 0.370 e. The molecule has 2 fully saturated rings. The van der Waals surface area contributed by atoms with Crippen LogP contribution in [0, 0.1) is 0 Å². The van der Waals surface area contributed by atoms with E-state index in [0.717, 1.165) is 25.7 Å². The maximum absolute atomic E-state index is 10.8. The van der Waals surface area contributed by atoms with E-state index in [0.29, 0.717) is 12.5 Å². The number of piperazine rings is 1. The summed E-state index contributed by atoms with van der Waals surface area (Å²) in [5.74, 6) is -0.182. The Morgan fingerprint density at radius 3 is 2.94 bits per heavy atom. The van der Waals surface area contributed by atoms with Gasteiger partial charge in [-0.1, -0.05) is 6.42 Å². The molecule has 2 aliphatic heterocycles. The molecule has 2 N–H and O–H groups in total. The summed E-state index contributed by atoms with van der Waals surface area (Å²) in [6.07, 6.45) is 4.53. The number of carbonyl (C=O) groups excluding carboxylic acids is 1. The van der Waals surface area contributed by atoms with Crippen molar-refractivity contribution in [1.82, 2.24) is 9.80 Å². The van der Waals surface area contributed by atoms with Crippen molar-refractivity contribution in [1.29, 1.82) is 0 Å². The quantitative estimate of drug-likeness (QED) is 0.757. The van der Waals surface area contributed by atoms with E-state index in [1.165, 1.54) is 25.8 Å². The van der Waals surface area contributed by atoms with Gasteiger partial charge in [-0.2, -0.15) is 0 Å². The van der Waals surface area contributed by atoms with Crippen molar-refractivity contribution >= 4 is 5.91 Å². The fraction of sp³-hybridized carbons (Fsp3) is 0.917. The molecule has 0 saturated carbocycles. The summed E-state index contributed by atoms with van der Waals surface area (Å²) in [5.41, 5.74) is 5.21. The number of piperidine rings is 1. The van der Waals surface area contributed by atoms with E-state index in [4.69, 9.17) is 5.73 Å². The summed E-state index contributed by atoms with van der Waals surface area (Å²) in [7, 11) is 0. The van der Waals surface area contributed by atoms with Gasteiger partial charge in [-0.25, -0.2) is 0 Å². The molecular weight excluding hydrogens is 202 g/mol. The van der Waals surface area contributed by atoms with E-state index in [-0.39, 0.29) is 5.91 Å². The number of hydrogen-bond donors (Lipinski definition) is 1. The Bertz CT molecular complexity index is 257. The van der Waals surface area contributed by atoms with Gasteiger partial charge in [0, 0.05) is 38.1 Å². The zero-order valence-electron chi connectivity index (χ0n) is 10.2. The molecule has 0 aromatic carbocycles. The standard InChI is InChI=1S/C12H23N3O/c1-10-8-15-6-3-2-4-11(15)9-14(10)7-5-12(13)16/h10-11H,2-9H2,1H3,(H2,13,16). The molecule has 0 aliphatic carbocycles. The smallest absolute Gasteiger partial charge is 0.218 e. The second kappa shape index (κ2) is 5.15. The number of fused-ring (bicyclic) bond motifs is 1.